The Balaban J connectivity index is 1.54. The Hall–Kier alpha value is -2.49. The van der Waals surface area contributed by atoms with Crippen molar-refractivity contribution < 1.29 is 14.3 Å². The van der Waals surface area contributed by atoms with Crippen LogP contribution < -0.4 is 9.47 Å². The zero-order valence-corrected chi connectivity index (χ0v) is 15.6. The second-order valence-electron chi connectivity index (χ2n) is 6.87. The van der Waals surface area contributed by atoms with Crippen molar-refractivity contribution in [2.75, 3.05) is 27.3 Å². The van der Waals surface area contributed by atoms with Crippen LogP contribution in [0.25, 0.3) is 0 Å². The standard InChI is InChI=1S/C22H27NO3/c1-25-20-9-8-19(21(16-20)26-2)15-22(24)23-12-10-18(11-13-23)14-17-6-4-3-5-7-17/h3-9,16,18H,10-15H2,1-2H3. The fourth-order valence-corrected chi connectivity index (χ4v) is 3.61. The van der Waals surface area contributed by atoms with Gasteiger partial charge in [0.2, 0.25) is 5.91 Å². The van der Waals surface area contributed by atoms with Crippen LogP contribution in [-0.2, 0) is 17.6 Å². The highest BCUT2D eigenvalue weighted by Gasteiger charge is 2.23. The van der Waals surface area contributed by atoms with E-state index in [1.165, 1.54) is 5.56 Å². The third-order valence-electron chi connectivity index (χ3n) is 5.17. The van der Waals surface area contributed by atoms with E-state index in [2.05, 4.69) is 30.3 Å². The monoisotopic (exact) mass is 353 g/mol. The van der Waals surface area contributed by atoms with Crippen LogP contribution in [0, 0.1) is 5.92 Å². The first-order valence-electron chi connectivity index (χ1n) is 9.22. The Morgan fingerprint density at radius 2 is 1.77 bits per heavy atom. The van der Waals surface area contributed by atoms with E-state index in [9.17, 15) is 4.79 Å². The molecule has 0 N–H and O–H groups in total. The van der Waals surface area contributed by atoms with E-state index in [0.717, 1.165) is 43.7 Å². The fourth-order valence-electron chi connectivity index (χ4n) is 3.61. The largest absolute Gasteiger partial charge is 0.497 e. The lowest BCUT2D eigenvalue weighted by Crippen LogP contribution is -2.39. The minimum absolute atomic E-state index is 0.173. The van der Waals surface area contributed by atoms with Crippen LogP contribution in [0.3, 0.4) is 0 Å². The highest BCUT2D eigenvalue weighted by Crippen LogP contribution is 2.27. The van der Waals surface area contributed by atoms with Crippen molar-refractivity contribution in [2.45, 2.75) is 25.7 Å². The van der Waals surface area contributed by atoms with Gasteiger partial charge in [-0.1, -0.05) is 36.4 Å². The van der Waals surface area contributed by atoms with Crippen molar-refractivity contribution in [3.63, 3.8) is 0 Å². The zero-order chi connectivity index (χ0) is 18.4. The summed E-state index contributed by atoms with van der Waals surface area (Å²) in [5.74, 6) is 2.28. The third-order valence-corrected chi connectivity index (χ3v) is 5.17. The quantitative estimate of drug-likeness (QED) is 0.794. The second-order valence-corrected chi connectivity index (χ2v) is 6.87. The minimum Gasteiger partial charge on any atom is -0.497 e. The lowest BCUT2D eigenvalue weighted by atomic mass is 9.90. The number of carbonyl (C=O) groups excluding carboxylic acids is 1. The van der Waals surface area contributed by atoms with Crippen molar-refractivity contribution in [1.82, 2.24) is 4.90 Å². The van der Waals surface area contributed by atoms with Gasteiger partial charge in [0.1, 0.15) is 11.5 Å². The summed E-state index contributed by atoms with van der Waals surface area (Å²) >= 11 is 0. The number of ether oxygens (including phenoxy) is 2. The van der Waals surface area contributed by atoms with Crippen LogP contribution in [0.1, 0.15) is 24.0 Å². The summed E-state index contributed by atoms with van der Waals surface area (Å²) in [4.78, 5) is 14.7. The normalized spacial score (nSPS) is 14.9. The molecule has 2 aromatic rings. The summed E-state index contributed by atoms with van der Waals surface area (Å²) in [6.07, 6.45) is 3.62. The van der Waals surface area contributed by atoms with Crippen molar-refractivity contribution >= 4 is 5.91 Å². The smallest absolute Gasteiger partial charge is 0.227 e. The van der Waals surface area contributed by atoms with E-state index in [-0.39, 0.29) is 5.91 Å². The van der Waals surface area contributed by atoms with Gasteiger partial charge in [0.15, 0.2) is 0 Å². The van der Waals surface area contributed by atoms with Gasteiger partial charge < -0.3 is 14.4 Å². The van der Waals surface area contributed by atoms with Gasteiger partial charge in [-0.05, 0) is 36.8 Å². The predicted octanol–water partition coefficient (Wildman–Crippen LogP) is 3.73. The van der Waals surface area contributed by atoms with Crippen LogP contribution in [0.5, 0.6) is 11.5 Å². The lowest BCUT2D eigenvalue weighted by Gasteiger charge is -2.32. The average molecular weight is 353 g/mol. The van der Waals surface area contributed by atoms with Crippen LogP contribution in [-0.4, -0.2) is 38.1 Å². The molecule has 1 fully saturated rings. The second kappa shape index (κ2) is 8.75. The summed E-state index contributed by atoms with van der Waals surface area (Å²) in [6, 6.07) is 16.2. The Morgan fingerprint density at radius 1 is 1.04 bits per heavy atom. The van der Waals surface area contributed by atoms with Gasteiger partial charge in [0.05, 0.1) is 20.6 Å². The number of nitrogens with zero attached hydrogens (tertiary/aromatic N) is 1. The van der Waals surface area contributed by atoms with E-state index < -0.39 is 0 Å². The van der Waals surface area contributed by atoms with Crippen molar-refractivity contribution in [2.24, 2.45) is 5.92 Å². The molecule has 0 saturated carbocycles. The van der Waals surface area contributed by atoms with Gasteiger partial charge in [-0.25, -0.2) is 0 Å². The Morgan fingerprint density at radius 3 is 2.42 bits per heavy atom. The molecule has 4 nitrogen and oxygen atoms in total. The number of rotatable bonds is 6. The maximum atomic E-state index is 12.7. The Labute approximate surface area is 155 Å². The molecule has 1 amide bonds. The third kappa shape index (κ3) is 4.57. The molecule has 1 aliphatic heterocycles. The molecule has 1 heterocycles. The van der Waals surface area contributed by atoms with Crippen LogP contribution in [0.4, 0.5) is 0 Å². The number of likely N-dealkylation sites (tertiary alicyclic amines) is 1. The van der Waals surface area contributed by atoms with E-state index in [4.69, 9.17) is 9.47 Å². The summed E-state index contributed by atoms with van der Waals surface area (Å²) in [7, 11) is 3.25. The fraction of sp³-hybridized carbons (Fsp3) is 0.409. The first-order chi connectivity index (χ1) is 12.7. The predicted molar refractivity (Wildman–Crippen MR) is 103 cm³/mol. The molecule has 0 bridgehead atoms. The maximum Gasteiger partial charge on any atom is 0.227 e. The molecule has 4 heteroatoms. The summed E-state index contributed by atoms with van der Waals surface area (Å²) in [5.41, 5.74) is 2.30. The van der Waals surface area contributed by atoms with E-state index in [1.807, 2.05) is 23.1 Å². The molecule has 1 saturated heterocycles. The molecule has 26 heavy (non-hydrogen) atoms. The first kappa shape index (κ1) is 18.3. The highest BCUT2D eigenvalue weighted by atomic mass is 16.5. The SMILES string of the molecule is COc1ccc(CC(=O)N2CCC(Cc3ccccc3)CC2)c(OC)c1. The average Bonchev–Trinajstić information content (AvgIpc) is 2.69. The zero-order valence-electron chi connectivity index (χ0n) is 15.6. The molecule has 0 atom stereocenters. The molecule has 0 aliphatic carbocycles. The number of hydrogen-bond donors (Lipinski definition) is 0. The van der Waals surface area contributed by atoms with E-state index in [1.54, 1.807) is 14.2 Å². The van der Waals surface area contributed by atoms with Crippen molar-refractivity contribution in [3.05, 3.63) is 59.7 Å². The summed E-state index contributed by atoms with van der Waals surface area (Å²) in [5, 5.41) is 0. The summed E-state index contributed by atoms with van der Waals surface area (Å²) < 4.78 is 10.6. The van der Waals surface area contributed by atoms with Crippen LogP contribution in [0.2, 0.25) is 0 Å². The first-order valence-corrected chi connectivity index (χ1v) is 9.22. The van der Waals surface area contributed by atoms with Gasteiger partial charge >= 0.3 is 0 Å². The van der Waals surface area contributed by atoms with Crippen molar-refractivity contribution in [3.8, 4) is 11.5 Å². The van der Waals surface area contributed by atoms with Gasteiger partial charge in [-0.15, -0.1) is 0 Å². The number of benzene rings is 2. The molecular weight excluding hydrogens is 326 g/mol. The highest BCUT2D eigenvalue weighted by molar-refractivity contribution is 5.79. The van der Waals surface area contributed by atoms with E-state index >= 15 is 0 Å². The molecular formula is C22H27NO3. The van der Waals surface area contributed by atoms with Crippen molar-refractivity contribution in [1.29, 1.82) is 0 Å². The maximum absolute atomic E-state index is 12.7. The van der Waals surface area contributed by atoms with Crippen LogP contribution >= 0.6 is 0 Å². The minimum atomic E-state index is 0.173. The Kier molecular flexibility index (Phi) is 6.16. The van der Waals surface area contributed by atoms with Gasteiger partial charge in [0.25, 0.3) is 0 Å². The number of amides is 1. The Bertz CT molecular complexity index is 721. The molecule has 3 rings (SSSR count). The van der Waals surface area contributed by atoms with Crippen LogP contribution in [0.15, 0.2) is 48.5 Å². The lowest BCUT2D eigenvalue weighted by molar-refractivity contribution is -0.131. The number of piperidine rings is 1. The molecule has 0 radical (unpaired) electrons. The topological polar surface area (TPSA) is 38.8 Å². The molecule has 0 unspecified atom stereocenters. The molecule has 138 valence electrons. The molecule has 0 aromatic heterocycles. The van der Waals surface area contributed by atoms with Gasteiger partial charge in [-0.2, -0.15) is 0 Å². The van der Waals surface area contributed by atoms with E-state index in [0.29, 0.717) is 18.1 Å². The van der Waals surface area contributed by atoms with Gasteiger partial charge in [0, 0.05) is 24.7 Å². The molecule has 2 aromatic carbocycles. The molecule has 1 aliphatic rings. The van der Waals surface area contributed by atoms with Gasteiger partial charge in [-0.3, -0.25) is 4.79 Å². The summed E-state index contributed by atoms with van der Waals surface area (Å²) in [6.45, 7) is 1.68. The molecule has 0 spiro atoms. The number of hydrogen-bond acceptors (Lipinski definition) is 3. The number of methoxy groups -OCH3 is 2. The number of carbonyl (C=O) groups is 1.